The molecule has 4 nitrogen and oxygen atoms in total. The van der Waals surface area contributed by atoms with Crippen LogP contribution in [0.2, 0.25) is 0 Å². The van der Waals surface area contributed by atoms with Crippen LogP contribution < -0.4 is 10.6 Å². The van der Waals surface area contributed by atoms with Crippen LogP contribution in [0.4, 0.5) is 0 Å². The van der Waals surface area contributed by atoms with Crippen molar-refractivity contribution in [1.29, 1.82) is 0 Å². The SMILES string of the molecule is C[C@H](CNC(=O)C(=O)N[C@@H]1CCCC[C@@H]1C)c1ccccc1. The second kappa shape index (κ2) is 7.97. The quantitative estimate of drug-likeness (QED) is 0.840. The van der Waals surface area contributed by atoms with Crippen LogP contribution in [-0.2, 0) is 9.59 Å². The highest BCUT2D eigenvalue weighted by molar-refractivity contribution is 6.35. The van der Waals surface area contributed by atoms with E-state index in [0.717, 1.165) is 24.8 Å². The lowest BCUT2D eigenvalue weighted by molar-refractivity contribution is -0.140. The van der Waals surface area contributed by atoms with Crippen LogP contribution in [0.1, 0.15) is 51.0 Å². The van der Waals surface area contributed by atoms with Crippen LogP contribution >= 0.6 is 0 Å². The number of hydrogen-bond acceptors (Lipinski definition) is 2. The van der Waals surface area contributed by atoms with Crippen molar-refractivity contribution in [1.82, 2.24) is 10.6 Å². The summed E-state index contributed by atoms with van der Waals surface area (Å²) in [4.78, 5) is 23.9. The van der Waals surface area contributed by atoms with Gasteiger partial charge in [0.05, 0.1) is 0 Å². The molecule has 0 unspecified atom stereocenters. The molecule has 0 bridgehead atoms. The predicted molar refractivity (Wildman–Crippen MR) is 87.4 cm³/mol. The first-order valence-electron chi connectivity index (χ1n) is 8.21. The van der Waals surface area contributed by atoms with Gasteiger partial charge < -0.3 is 10.6 Å². The second-order valence-corrected chi connectivity index (χ2v) is 6.36. The minimum Gasteiger partial charge on any atom is -0.347 e. The Bertz CT molecular complexity index is 501. The Morgan fingerprint density at radius 2 is 1.82 bits per heavy atom. The Morgan fingerprint density at radius 1 is 1.14 bits per heavy atom. The molecule has 1 aliphatic carbocycles. The van der Waals surface area contributed by atoms with Crippen molar-refractivity contribution >= 4 is 11.8 Å². The van der Waals surface area contributed by atoms with Crippen molar-refractivity contribution in [3.8, 4) is 0 Å². The third kappa shape index (κ3) is 4.58. The van der Waals surface area contributed by atoms with E-state index in [4.69, 9.17) is 0 Å². The lowest BCUT2D eigenvalue weighted by Gasteiger charge is -2.29. The molecule has 0 heterocycles. The number of carbonyl (C=O) groups excluding carboxylic acids is 2. The van der Waals surface area contributed by atoms with Gasteiger partial charge in [-0.2, -0.15) is 0 Å². The van der Waals surface area contributed by atoms with Crippen LogP contribution in [0.15, 0.2) is 30.3 Å². The Morgan fingerprint density at radius 3 is 2.50 bits per heavy atom. The Hall–Kier alpha value is -1.84. The summed E-state index contributed by atoms with van der Waals surface area (Å²) in [5.74, 6) is -0.389. The largest absolute Gasteiger partial charge is 0.347 e. The Kier molecular flexibility index (Phi) is 5.99. The highest BCUT2D eigenvalue weighted by Gasteiger charge is 2.25. The summed E-state index contributed by atoms with van der Waals surface area (Å²) in [6, 6.07) is 10.1. The molecule has 1 aromatic rings. The van der Waals surface area contributed by atoms with E-state index < -0.39 is 11.8 Å². The van der Waals surface area contributed by atoms with E-state index in [1.54, 1.807) is 0 Å². The molecule has 1 aromatic carbocycles. The number of rotatable bonds is 4. The van der Waals surface area contributed by atoms with E-state index in [0.29, 0.717) is 12.5 Å². The van der Waals surface area contributed by atoms with Crippen LogP contribution in [0.25, 0.3) is 0 Å². The summed E-state index contributed by atoms with van der Waals surface area (Å²) in [7, 11) is 0. The molecule has 1 aliphatic rings. The number of carbonyl (C=O) groups is 2. The minimum atomic E-state index is -0.527. The molecule has 0 spiro atoms. The van der Waals surface area contributed by atoms with Gasteiger partial charge in [0.15, 0.2) is 0 Å². The summed E-state index contributed by atoms with van der Waals surface area (Å²) in [6.07, 6.45) is 4.44. The summed E-state index contributed by atoms with van der Waals surface area (Å²) >= 11 is 0. The first-order valence-corrected chi connectivity index (χ1v) is 8.21. The maximum absolute atomic E-state index is 12.0. The van der Waals surface area contributed by atoms with Gasteiger partial charge >= 0.3 is 11.8 Å². The maximum Gasteiger partial charge on any atom is 0.309 e. The molecule has 4 heteroatoms. The molecule has 0 radical (unpaired) electrons. The molecule has 1 fully saturated rings. The van der Waals surface area contributed by atoms with Gasteiger partial charge in [0.1, 0.15) is 0 Å². The predicted octanol–water partition coefficient (Wildman–Crippen LogP) is 2.60. The Balaban J connectivity index is 1.78. The van der Waals surface area contributed by atoms with Gasteiger partial charge in [-0.3, -0.25) is 9.59 Å². The molecular weight excluding hydrogens is 276 g/mol. The van der Waals surface area contributed by atoms with E-state index in [2.05, 4.69) is 17.6 Å². The van der Waals surface area contributed by atoms with E-state index in [1.807, 2.05) is 37.3 Å². The molecule has 2 N–H and O–H groups in total. The highest BCUT2D eigenvalue weighted by atomic mass is 16.2. The molecule has 2 amide bonds. The van der Waals surface area contributed by atoms with Crippen molar-refractivity contribution in [2.24, 2.45) is 5.92 Å². The fourth-order valence-electron chi connectivity index (χ4n) is 2.99. The van der Waals surface area contributed by atoms with Crippen LogP contribution in [0, 0.1) is 5.92 Å². The average Bonchev–Trinajstić information content (AvgIpc) is 2.55. The van der Waals surface area contributed by atoms with Gasteiger partial charge in [0.25, 0.3) is 0 Å². The van der Waals surface area contributed by atoms with Gasteiger partial charge in [0, 0.05) is 12.6 Å². The van der Waals surface area contributed by atoms with Crippen molar-refractivity contribution in [3.63, 3.8) is 0 Å². The first kappa shape index (κ1) is 16.5. The van der Waals surface area contributed by atoms with E-state index in [9.17, 15) is 9.59 Å². The molecule has 0 aliphatic heterocycles. The lowest BCUT2D eigenvalue weighted by Crippen LogP contribution is -2.48. The zero-order valence-electron chi connectivity index (χ0n) is 13.5. The maximum atomic E-state index is 12.0. The molecule has 22 heavy (non-hydrogen) atoms. The van der Waals surface area contributed by atoms with Crippen molar-refractivity contribution in [2.45, 2.75) is 51.5 Å². The van der Waals surface area contributed by atoms with Crippen molar-refractivity contribution in [3.05, 3.63) is 35.9 Å². The molecule has 0 saturated heterocycles. The Labute approximate surface area is 132 Å². The fourth-order valence-corrected chi connectivity index (χ4v) is 2.99. The second-order valence-electron chi connectivity index (χ2n) is 6.36. The normalized spacial score (nSPS) is 22.6. The number of benzene rings is 1. The van der Waals surface area contributed by atoms with E-state index in [1.165, 1.54) is 6.42 Å². The number of amides is 2. The van der Waals surface area contributed by atoms with Crippen LogP contribution in [0.3, 0.4) is 0 Å². The third-order valence-electron chi connectivity index (χ3n) is 4.57. The summed E-state index contributed by atoms with van der Waals surface area (Å²) in [6.45, 7) is 4.65. The minimum absolute atomic E-state index is 0.138. The summed E-state index contributed by atoms with van der Waals surface area (Å²) < 4.78 is 0. The van der Waals surface area contributed by atoms with Gasteiger partial charge in [-0.1, -0.05) is 57.0 Å². The summed E-state index contributed by atoms with van der Waals surface area (Å²) in [5, 5.41) is 5.62. The monoisotopic (exact) mass is 302 g/mol. The molecule has 3 atom stereocenters. The van der Waals surface area contributed by atoms with Gasteiger partial charge in [-0.15, -0.1) is 0 Å². The average molecular weight is 302 g/mol. The smallest absolute Gasteiger partial charge is 0.309 e. The number of hydrogen-bond donors (Lipinski definition) is 2. The first-order chi connectivity index (χ1) is 10.6. The fraction of sp³-hybridized carbons (Fsp3) is 0.556. The zero-order valence-corrected chi connectivity index (χ0v) is 13.5. The third-order valence-corrected chi connectivity index (χ3v) is 4.57. The van der Waals surface area contributed by atoms with Gasteiger partial charge in [-0.25, -0.2) is 0 Å². The van der Waals surface area contributed by atoms with Crippen molar-refractivity contribution < 1.29 is 9.59 Å². The zero-order chi connectivity index (χ0) is 15.9. The molecule has 0 aromatic heterocycles. The standard InChI is InChI=1S/C18H26N2O2/c1-13-8-6-7-11-16(13)20-18(22)17(21)19-12-14(2)15-9-4-3-5-10-15/h3-5,9-10,13-14,16H,6-8,11-12H2,1-2H3,(H,19,21)(H,20,22)/t13-,14+,16+/m0/s1. The van der Waals surface area contributed by atoms with Gasteiger partial charge in [0.2, 0.25) is 0 Å². The molecular formula is C18H26N2O2. The number of nitrogens with one attached hydrogen (secondary N) is 2. The van der Waals surface area contributed by atoms with E-state index in [-0.39, 0.29) is 12.0 Å². The van der Waals surface area contributed by atoms with E-state index >= 15 is 0 Å². The van der Waals surface area contributed by atoms with Crippen LogP contribution in [0.5, 0.6) is 0 Å². The molecule has 120 valence electrons. The van der Waals surface area contributed by atoms with Crippen LogP contribution in [-0.4, -0.2) is 24.4 Å². The van der Waals surface area contributed by atoms with Crippen molar-refractivity contribution in [2.75, 3.05) is 6.54 Å². The lowest BCUT2D eigenvalue weighted by atomic mass is 9.86. The van der Waals surface area contributed by atoms with Gasteiger partial charge in [-0.05, 0) is 30.2 Å². The molecule has 2 rings (SSSR count). The molecule has 1 saturated carbocycles. The topological polar surface area (TPSA) is 58.2 Å². The highest BCUT2D eigenvalue weighted by Crippen LogP contribution is 2.23. The summed E-state index contributed by atoms with van der Waals surface area (Å²) in [5.41, 5.74) is 1.16.